The molecule has 0 aliphatic heterocycles. The average Bonchev–Trinajstić information content (AvgIpc) is 2.55. The van der Waals surface area contributed by atoms with Crippen molar-refractivity contribution in [3.63, 3.8) is 0 Å². The predicted molar refractivity (Wildman–Crippen MR) is 102 cm³/mol. The van der Waals surface area contributed by atoms with Crippen LogP contribution < -0.4 is 10.6 Å². The maximum absolute atomic E-state index is 12.5. The van der Waals surface area contributed by atoms with Crippen LogP contribution in [0, 0.1) is 0 Å². The quantitative estimate of drug-likeness (QED) is 0.627. The summed E-state index contributed by atoms with van der Waals surface area (Å²) in [4.78, 5) is 12.5. The van der Waals surface area contributed by atoms with E-state index in [1.54, 1.807) is 6.07 Å². The number of hydrogen-bond acceptors (Lipinski definition) is 2. The monoisotopic (exact) mass is 384 g/mol. The number of amides is 1. The number of carbonyl (C=O) groups excluding carboxylic acids is 1. The summed E-state index contributed by atoms with van der Waals surface area (Å²) in [6, 6.07) is 20.9. The molecule has 3 nitrogen and oxygen atoms in total. The Morgan fingerprint density at radius 1 is 0.870 bits per heavy atom. The minimum atomic E-state index is -0.234. The Kier molecular flexibility index (Phi) is 4.69. The van der Waals surface area contributed by atoms with Gasteiger partial charge in [0.2, 0.25) is 0 Å². The van der Waals surface area contributed by atoms with Crippen molar-refractivity contribution in [2.45, 2.75) is 0 Å². The first-order valence-electron chi connectivity index (χ1n) is 7.00. The highest BCUT2D eigenvalue weighted by Crippen LogP contribution is 2.26. The van der Waals surface area contributed by atoms with Crippen molar-refractivity contribution in [1.82, 2.24) is 5.32 Å². The molecule has 0 heterocycles. The molecule has 0 unspecified atom stereocenters. The molecule has 114 valence electrons. The molecule has 0 aromatic heterocycles. The van der Waals surface area contributed by atoms with Gasteiger partial charge < -0.3 is 5.32 Å². The summed E-state index contributed by atoms with van der Waals surface area (Å²) in [6.45, 7) is 0. The first kappa shape index (κ1) is 15.6. The Morgan fingerprint density at radius 3 is 2.35 bits per heavy atom. The molecule has 0 saturated heterocycles. The molecule has 0 atom stereocenters. The molecule has 5 heteroatoms. The van der Waals surface area contributed by atoms with Crippen molar-refractivity contribution >= 4 is 55.6 Å². The summed E-state index contributed by atoms with van der Waals surface area (Å²) in [6.07, 6.45) is 0. The van der Waals surface area contributed by atoms with Gasteiger partial charge in [0.25, 0.3) is 5.91 Å². The Morgan fingerprint density at radius 2 is 1.57 bits per heavy atom. The van der Waals surface area contributed by atoms with Crippen LogP contribution in [0.2, 0.25) is 0 Å². The van der Waals surface area contributed by atoms with Gasteiger partial charge in [-0.2, -0.15) is 0 Å². The van der Waals surface area contributed by atoms with Crippen molar-refractivity contribution in [2.75, 3.05) is 5.32 Å². The van der Waals surface area contributed by atoms with E-state index in [4.69, 9.17) is 12.2 Å². The lowest BCUT2D eigenvalue weighted by Crippen LogP contribution is -2.34. The smallest absolute Gasteiger partial charge is 0.258 e. The van der Waals surface area contributed by atoms with Gasteiger partial charge in [-0.1, -0.05) is 58.4 Å². The number of nitrogens with one attached hydrogen (secondary N) is 2. The van der Waals surface area contributed by atoms with Crippen molar-refractivity contribution in [2.24, 2.45) is 0 Å². The molecule has 0 saturated carbocycles. The highest BCUT2D eigenvalue weighted by atomic mass is 79.9. The van der Waals surface area contributed by atoms with E-state index in [9.17, 15) is 4.79 Å². The normalized spacial score (nSPS) is 10.3. The Labute approximate surface area is 147 Å². The van der Waals surface area contributed by atoms with E-state index in [-0.39, 0.29) is 11.0 Å². The number of para-hydroxylation sites is 1. The zero-order valence-electron chi connectivity index (χ0n) is 12.0. The largest absolute Gasteiger partial charge is 0.332 e. The number of anilines is 1. The molecule has 1 amide bonds. The van der Waals surface area contributed by atoms with Crippen LogP contribution in [-0.2, 0) is 0 Å². The topological polar surface area (TPSA) is 41.1 Å². The number of halogens is 1. The number of carbonyl (C=O) groups is 1. The SMILES string of the molecule is O=C(NC(=S)Nc1ccccc1)c1cccc2c(Br)cccc12. The van der Waals surface area contributed by atoms with Gasteiger partial charge in [-0.3, -0.25) is 10.1 Å². The number of benzene rings is 3. The molecule has 3 rings (SSSR count). The van der Waals surface area contributed by atoms with Gasteiger partial charge in [-0.25, -0.2) is 0 Å². The van der Waals surface area contributed by atoms with E-state index < -0.39 is 0 Å². The van der Waals surface area contributed by atoms with Crippen LogP contribution in [0.25, 0.3) is 10.8 Å². The molecule has 2 N–H and O–H groups in total. The number of rotatable bonds is 2. The van der Waals surface area contributed by atoms with E-state index in [1.165, 1.54) is 0 Å². The molecule has 0 spiro atoms. The van der Waals surface area contributed by atoms with E-state index >= 15 is 0 Å². The van der Waals surface area contributed by atoms with Crippen molar-refractivity contribution in [3.05, 3.63) is 76.8 Å². The van der Waals surface area contributed by atoms with Crippen LogP contribution in [0.15, 0.2) is 71.2 Å². The Bertz CT molecular complexity index is 881. The molecule has 23 heavy (non-hydrogen) atoms. The van der Waals surface area contributed by atoms with Gasteiger partial charge in [0.05, 0.1) is 0 Å². The maximum Gasteiger partial charge on any atom is 0.258 e. The summed E-state index contributed by atoms with van der Waals surface area (Å²) < 4.78 is 0.953. The molecule has 0 fully saturated rings. The predicted octanol–water partition coefficient (Wildman–Crippen LogP) is 4.73. The van der Waals surface area contributed by atoms with Gasteiger partial charge in [-0.15, -0.1) is 0 Å². The zero-order valence-corrected chi connectivity index (χ0v) is 14.4. The number of hydrogen-bond donors (Lipinski definition) is 2. The van der Waals surface area contributed by atoms with Crippen LogP contribution in [0.4, 0.5) is 5.69 Å². The van der Waals surface area contributed by atoms with Gasteiger partial charge in [0.15, 0.2) is 5.11 Å². The van der Waals surface area contributed by atoms with Crippen LogP contribution >= 0.6 is 28.1 Å². The second-order valence-electron chi connectivity index (χ2n) is 4.91. The third-order valence-electron chi connectivity index (χ3n) is 3.37. The minimum Gasteiger partial charge on any atom is -0.332 e. The Hall–Kier alpha value is -2.24. The third-order valence-corrected chi connectivity index (χ3v) is 4.27. The summed E-state index contributed by atoms with van der Waals surface area (Å²) in [7, 11) is 0. The van der Waals surface area contributed by atoms with Crippen LogP contribution in [-0.4, -0.2) is 11.0 Å². The lowest BCUT2D eigenvalue weighted by molar-refractivity contribution is 0.0979. The molecule has 3 aromatic rings. The number of thiocarbonyl (C=S) groups is 1. The van der Waals surface area contributed by atoms with E-state index in [0.29, 0.717) is 5.56 Å². The first-order chi connectivity index (χ1) is 11.1. The van der Waals surface area contributed by atoms with Crippen LogP contribution in [0.5, 0.6) is 0 Å². The summed E-state index contributed by atoms with van der Waals surface area (Å²) in [5.41, 5.74) is 1.42. The fourth-order valence-corrected chi connectivity index (χ4v) is 3.03. The van der Waals surface area contributed by atoms with Crippen molar-refractivity contribution < 1.29 is 4.79 Å². The zero-order chi connectivity index (χ0) is 16.2. The van der Waals surface area contributed by atoms with Gasteiger partial charge in [-0.05, 0) is 47.3 Å². The summed E-state index contributed by atoms with van der Waals surface area (Å²) in [5.74, 6) is -0.234. The van der Waals surface area contributed by atoms with Crippen LogP contribution in [0.3, 0.4) is 0 Å². The average molecular weight is 385 g/mol. The fraction of sp³-hybridized carbons (Fsp3) is 0. The van der Waals surface area contributed by atoms with Crippen molar-refractivity contribution in [3.8, 4) is 0 Å². The fourth-order valence-electron chi connectivity index (χ4n) is 2.32. The van der Waals surface area contributed by atoms with Gasteiger partial charge in [0, 0.05) is 15.7 Å². The van der Waals surface area contributed by atoms with Gasteiger partial charge in [0.1, 0.15) is 0 Å². The molecule has 3 aromatic carbocycles. The minimum absolute atomic E-state index is 0.234. The van der Waals surface area contributed by atoms with E-state index in [1.807, 2.05) is 60.7 Å². The number of fused-ring (bicyclic) bond motifs is 1. The van der Waals surface area contributed by atoms with E-state index in [2.05, 4.69) is 26.6 Å². The lowest BCUT2D eigenvalue weighted by atomic mass is 10.0. The Balaban J connectivity index is 1.81. The lowest BCUT2D eigenvalue weighted by Gasteiger charge is -2.11. The van der Waals surface area contributed by atoms with E-state index in [0.717, 1.165) is 20.9 Å². The molecular formula is C18H13BrN2OS. The summed E-state index contributed by atoms with van der Waals surface area (Å²) in [5, 5.41) is 7.85. The third kappa shape index (κ3) is 3.57. The highest BCUT2D eigenvalue weighted by Gasteiger charge is 2.12. The van der Waals surface area contributed by atoms with Gasteiger partial charge >= 0.3 is 0 Å². The summed E-state index contributed by atoms with van der Waals surface area (Å²) >= 11 is 8.71. The second-order valence-corrected chi connectivity index (χ2v) is 6.18. The molecular weight excluding hydrogens is 372 g/mol. The highest BCUT2D eigenvalue weighted by molar-refractivity contribution is 9.10. The second kappa shape index (κ2) is 6.89. The molecule has 0 aliphatic rings. The standard InChI is InChI=1S/C18H13BrN2OS/c19-16-11-5-8-13-14(16)9-4-10-15(13)17(22)21-18(23)20-12-6-2-1-3-7-12/h1-11H,(H2,20,21,22,23). The van der Waals surface area contributed by atoms with Crippen molar-refractivity contribution in [1.29, 1.82) is 0 Å². The first-order valence-corrected chi connectivity index (χ1v) is 8.20. The molecule has 0 radical (unpaired) electrons. The molecule has 0 bridgehead atoms. The molecule has 0 aliphatic carbocycles. The maximum atomic E-state index is 12.5. The van der Waals surface area contributed by atoms with Crippen LogP contribution in [0.1, 0.15) is 10.4 Å².